The maximum atomic E-state index is 12.7. The molecule has 0 aliphatic rings. The van der Waals surface area contributed by atoms with Gasteiger partial charge in [0.25, 0.3) is 0 Å². The van der Waals surface area contributed by atoms with E-state index >= 15 is 0 Å². The van der Waals surface area contributed by atoms with Crippen molar-refractivity contribution in [1.82, 2.24) is 0 Å². The monoisotopic (exact) mass is 463 g/mol. The van der Waals surface area contributed by atoms with Crippen molar-refractivity contribution in [3.05, 3.63) is 34.9 Å². The Bertz CT molecular complexity index is 912. The number of hydrogen-bond acceptors (Lipinski definition) is 8. The molecule has 9 heteroatoms. The van der Waals surface area contributed by atoms with Gasteiger partial charge in [0.15, 0.2) is 0 Å². The Morgan fingerprint density at radius 1 is 0.970 bits per heavy atom. The number of rotatable bonds is 9. The van der Waals surface area contributed by atoms with Crippen molar-refractivity contribution in [2.24, 2.45) is 0 Å². The molecule has 1 rings (SSSR count). The number of amides is 1. The van der Waals surface area contributed by atoms with Gasteiger partial charge in [0.1, 0.15) is 12.2 Å². The number of anilines is 1. The van der Waals surface area contributed by atoms with Gasteiger partial charge in [-0.25, -0.2) is 9.59 Å². The second kappa shape index (κ2) is 12.6. The van der Waals surface area contributed by atoms with Crippen LogP contribution < -0.4 is 5.32 Å². The van der Waals surface area contributed by atoms with E-state index in [1.807, 2.05) is 0 Å². The fourth-order valence-electron chi connectivity index (χ4n) is 2.80. The molecule has 0 spiro atoms. The van der Waals surface area contributed by atoms with E-state index in [0.717, 1.165) is 0 Å². The largest absolute Gasteiger partial charge is 0.466 e. The van der Waals surface area contributed by atoms with Crippen molar-refractivity contribution in [2.45, 2.75) is 60.5 Å². The van der Waals surface area contributed by atoms with Crippen LogP contribution in [0.15, 0.2) is 23.8 Å². The normalized spacial score (nSPS) is 11.7. The highest BCUT2D eigenvalue weighted by Crippen LogP contribution is 2.27. The molecule has 0 aliphatic heterocycles. The fraction of sp³-hybridized carbons (Fsp3) is 0.500. The first-order valence-electron chi connectivity index (χ1n) is 10.7. The molecule has 1 aromatic carbocycles. The Balaban J connectivity index is 3.44. The smallest absolute Gasteiger partial charge is 0.412 e. The minimum atomic E-state index is -0.707. The number of hydrogen-bond donors (Lipinski definition) is 1. The van der Waals surface area contributed by atoms with Gasteiger partial charge in [-0.1, -0.05) is 6.07 Å². The van der Waals surface area contributed by atoms with Crippen LogP contribution in [0.4, 0.5) is 10.5 Å². The molecule has 0 saturated carbocycles. The van der Waals surface area contributed by atoms with Gasteiger partial charge < -0.3 is 18.9 Å². The van der Waals surface area contributed by atoms with E-state index in [1.165, 1.54) is 6.92 Å². The summed E-state index contributed by atoms with van der Waals surface area (Å²) in [5.74, 6) is -1.87. The molecule has 0 bridgehead atoms. The number of carbonyl (C=O) groups excluding carboxylic acids is 4. The maximum absolute atomic E-state index is 12.7. The molecule has 0 aliphatic carbocycles. The molecule has 0 heterocycles. The summed E-state index contributed by atoms with van der Waals surface area (Å²) in [4.78, 5) is 48.4. The average molecular weight is 464 g/mol. The first-order chi connectivity index (χ1) is 15.4. The van der Waals surface area contributed by atoms with E-state index in [9.17, 15) is 19.2 Å². The van der Waals surface area contributed by atoms with Crippen molar-refractivity contribution < 1.29 is 38.1 Å². The molecule has 0 unspecified atom stereocenters. The molecule has 0 fully saturated rings. The zero-order valence-electron chi connectivity index (χ0n) is 20.3. The lowest BCUT2D eigenvalue weighted by molar-refractivity contribution is -0.145. The van der Waals surface area contributed by atoms with Crippen molar-refractivity contribution in [3.8, 4) is 0 Å². The second-order valence-electron chi connectivity index (χ2n) is 8.10. The summed E-state index contributed by atoms with van der Waals surface area (Å²) in [7, 11) is 0. The number of aryl methyl sites for hydroxylation is 1. The van der Waals surface area contributed by atoms with Gasteiger partial charge in [-0.15, -0.1) is 0 Å². The van der Waals surface area contributed by atoms with Crippen LogP contribution in [0.25, 0.3) is 5.57 Å². The van der Waals surface area contributed by atoms with E-state index in [2.05, 4.69) is 5.32 Å². The highest BCUT2D eigenvalue weighted by molar-refractivity contribution is 6.02. The summed E-state index contributed by atoms with van der Waals surface area (Å²) in [5.41, 5.74) is 1.38. The van der Waals surface area contributed by atoms with E-state index < -0.39 is 29.6 Å². The van der Waals surface area contributed by atoms with Crippen LogP contribution in [-0.4, -0.2) is 49.4 Å². The lowest BCUT2D eigenvalue weighted by Crippen LogP contribution is -2.27. The summed E-state index contributed by atoms with van der Waals surface area (Å²) in [6.07, 6.45) is -0.955. The van der Waals surface area contributed by atoms with Crippen LogP contribution in [0.1, 0.15) is 59.1 Å². The fourth-order valence-corrected chi connectivity index (χ4v) is 2.80. The zero-order chi connectivity index (χ0) is 25.2. The summed E-state index contributed by atoms with van der Waals surface area (Å²) in [6, 6.07) is 4.98. The Labute approximate surface area is 194 Å². The molecule has 9 nitrogen and oxygen atoms in total. The number of nitrogens with one attached hydrogen (secondary N) is 1. The third-order valence-corrected chi connectivity index (χ3v) is 4.14. The van der Waals surface area contributed by atoms with Crippen LogP contribution in [0.5, 0.6) is 0 Å². The van der Waals surface area contributed by atoms with Crippen molar-refractivity contribution >= 4 is 35.3 Å². The highest BCUT2D eigenvalue weighted by Gasteiger charge is 2.24. The predicted molar refractivity (Wildman–Crippen MR) is 122 cm³/mol. The standard InChI is InChI=1S/C24H33NO8/c1-8-30-21(27)13-18(22(28)31-9-2)19(14-32-16(4)26)17-10-11-20(15(3)12-17)25-23(29)33-24(5,6)7/h10-12H,8-9,13-14H2,1-7H3,(H,25,29). The van der Waals surface area contributed by atoms with Gasteiger partial charge in [-0.3, -0.25) is 14.9 Å². The highest BCUT2D eigenvalue weighted by atomic mass is 16.6. The third kappa shape index (κ3) is 9.76. The number of esters is 3. The van der Waals surface area contributed by atoms with Crippen LogP contribution >= 0.6 is 0 Å². The minimum absolute atomic E-state index is 0.0313. The Kier molecular flexibility index (Phi) is 10.6. The molecular formula is C24H33NO8. The number of ether oxygens (including phenoxy) is 4. The molecule has 0 saturated heterocycles. The zero-order valence-corrected chi connectivity index (χ0v) is 20.3. The molecule has 1 amide bonds. The molecule has 0 radical (unpaired) electrons. The summed E-state index contributed by atoms with van der Waals surface area (Å²) >= 11 is 0. The molecule has 182 valence electrons. The topological polar surface area (TPSA) is 117 Å². The van der Waals surface area contributed by atoms with Crippen LogP contribution in [0, 0.1) is 6.92 Å². The predicted octanol–water partition coefficient (Wildman–Crippen LogP) is 4.18. The average Bonchev–Trinajstić information content (AvgIpc) is 2.67. The third-order valence-electron chi connectivity index (χ3n) is 4.14. The summed E-state index contributed by atoms with van der Waals surface area (Å²) < 4.78 is 20.5. The van der Waals surface area contributed by atoms with Gasteiger partial charge >= 0.3 is 24.0 Å². The van der Waals surface area contributed by atoms with Crippen LogP contribution in [0.2, 0.25) is 0 Å². The van der Waals surface area contributed by atoms with Gasteiger partial charge in [0.05, 0.1) is 25.2 Å². The van der Waals surface area contributed by atoms with Gasteiger partial charge in [-0.2, -0.15) is 0 Å². The van der Waals surface area contributed by atoms with Crippen molar-refractivity contribution in [3.63, 3.8) is 0 Å². The first kappa shape index (κ1) is 27.7. The van der Waals surface area contributed by atoms with E-state index in [0.29, 0.717) is 22.4 Å². The SMILES string of the molecule is CCOC(=O)CC(C(=O)OCC)=C(COC(C)=O)c1ccc(NC(=O)OC(C)(C)C)c(C)c1. The quantitative estimate of drug-likeness (QED) is 0.329. The van der Waals surface area contributed by atoms with E-state index in [4.69, 9.17) is 18.9 Å². The molecule has 1 aromatic rings. The first-order valence-corrected chi connectivity index (χ1v) is 10.7. The van der Waals surface area contributed by atoms with Gasteiger partial charge in [-0.05, 0) is 64.8 Å². The molecular weight excluding hydrogens is 430 g/mol. The Morgan fingerprint density at radius 2 is 1.61 bits per heavy atom. The van der Waals surface area contributed by atoms with E-state index in [1.54, 1.807) is 59.7 Å². The summed E-state index contributed by atoms with van der Waals surface area (Å²) in [5, 5.41) is 2.68. The van der Waals surface area contributed by atoms with E-state index in [-0.39, 0.29) is 31.8 Å². The number of carbonyl (C=O) groups is 4. The Morgan fingerprint density at radius 3 is 2.12 bits per heavy atom. The van der Waals surface area contributed by atoms with Crippen molar-refractivity contribution in [2.75, 3.05) is 25.1 Å². The van der Waals surface area contributed by atoms with Gasteiger partial charge in [0, 0.05) is 18.2 Å². The summed E-state index contributed by atoms with van der Waals surface area (Å²) in [6.45, 7) is 11.6. The molecule has 0 atom stereocenters. The lowest BCUT2D eigenvalue weighted by atomic mass is 9.96. The molecule has 33 heavy (non-hydrogen) atoms. The van der Waals surface area contributed by atoms with Crippen LogP contribution in [0.3, 0.4) is 0 Å². The van der Waals surface area contributed by atoms with Gasteiger partial charge in [0.2, 0.25) is 0 Å². The molecule has 1 N–H and O–H groups in total. The van der Waals surface area contributed by atoms with Crippen LogP contribution in [-0.2, 0) is 33.3 Å². The second-order valence-corrected chi connectivity index (χ2v) is 8.10. The maximum Gasteiger partial charge on any atom is 0.412 e. The molecule has 0 aromatic heterocycles. The minimum Gasteiger partial charge on any atom is -0.466 e. The number of benzene rings is 1. The Hall–Kier alpha value is -3.36. The van der Waals surface area contributed by atoms with Crippen molar-refractivity contribution in [1.29, 1.82) is 0 Å². The lowest BCUT2D eigenvalue weighted by Gasteiger charge is -2.20.